The molecule has 0 spiro atoms. The predicted molar refractivity (Wildman–Crippen MR) is 89.8 cm³/mol. The molecule has 1 aliphatic heterocycles. The van der Waals surface area contributed by atoms with Gasteiger partial charge in [0.1, 0.15) is 10.6 Å². The molecule has 0 aliphatic carbocycles. The molecule has 1 aliphatic rings. The zero-order valence-corrected chi connectivity index (χ0v) is 15.4. The number of aryl methyl sites for hydroxylation is 2. The van der Waals surface area contributed by atoms with Gasteiger partial charge in [0.25, 0.3) is 0 Å². The summed E-state index contributed by atoms with van der Waals surface area (Å²) in [5.74, 6) is 0.348. The van der Waals surface area contributed by atoms with Gasteiger partial charge >= 0.3 is 6.09 Å². The molecular weight excluding hydrogens is 332 g/mol. The highest BCUT2D eigenvalue weighted by atomic mass is 32.2. The Hall–Kier alpha value is -1.80. The van der Waals surface area contributed by atoms with Crippen molar-refractivity contribution in [2.24, 2.45) is 0 Å². The van der Waals surface area contributed by atoms with Crippen LogP contribution >= 0.6 is 0 Å². The fraction of sp³-hybridized carbons (Fsp3) is 0.562. The summed E-state index contributed by atoms with van der Waals surface area (Å²) in [6.45, 7) is 6.79. The van der Waals surface area contributed by atoms with Gasteiger partial charge in [0.15, 0.2) is 0 Å². The first kappa shape index (κ1) is 18.5. The molecule has 24 heavy (non-hydrogen) atoms. The van der Waals surface area contributed by atoms with Crippen molar-refractivity contribution in [2.45, 2.75) is 25.7 Å². The van der Waals surface area contributed by atoms with Crippen molar-refractivity contribution < 1.29 is 22.7 Å². The van der Waals surface area contributed by atoms with Crippen LogP contribution < -0.4 is 4.74 Å². The van der Waals surface area contributed by atoms with E-state index in [0.29, 0.717) is 31.0 Å². The van der Waals surface area contributed by atoms with Crippen molar-refractivity contribution in [2.75, 3.05) is 39.9 Å². The van der Waals surface area contributed by atoms with Gasteiger partial charge in [-0.15, -0.1) is 0 Å². The lowest BCUT2D eigenvalue weighted by Crippen LogP contribution is -2.50. The van der Waals surface area contributed by atoms with Crippen LogP contribution in [0.4, 0.5) is 4.79 Å². The quantitative estimate of drug-likeness (QED) is 0.822. The molecule has 1 aromatic rings. The summed E-state index contributed by atoms with van der Waals surface area (Å²) in [5.41, 5.74) is 1.59. The van der Waals surface area contributed by atoms with Crippen molar-refractivity contribution in [1.29, 1.82) is 0 Å². The lowest BCUT2D eigenvalue weighted by Gasteiger charge is -2.33. The number of benzene rings is 1. The Morgan fingerprint density at radius 2 is 1.79 bits per heavy atom. The number of hydrogen-bond donors (Lipinski definition) is 0. The van der Waals surface area contributed by atoms with E-state index in [0.717, 1.165) is 5.56 Å². The minimum absolute atomic E-state index is 0.195. The zero-order chi connectivity index (χ0) is 17.9. The summed E-state index contributed by atoms with van der Waals surface area (Å²) in [6, 6.07) is 3.54. The van der Waals surface area contributed by atoms with Gasteiger partial charge in [-0.3, -0.25) is 0 Å². The normalized spacial score (nSPS) is 16.1. The first-order valence-electron chi connectivity index (χ1n) is 7.88. The van der Waals surface area contributed by atoms with E-state index in [9.17, 15) is 13.2 Å². The molecule has 0 N–H and O–H groups in total. The Kier molecular flexibility index (Phi) is 5.71. The predicted octanol–water partition coefficient (Wildman–Crippen LogP) is 1.77. The summed E-state index contributed by atoms with van der Waals surface area (Å²) in [5, 5.41) is 0. The molecule has 0 atom stereocenters. The fourth-order valence-corrected chi connectivity index (χ4v) is 4.62. The lowest BCUT2D eigenvalue weighted by molar-refractivity contribution is 0.0933. The third-order valence-electron chi connectivity index (χ3n) is 3.97. The van der Waals surface area contributed by atoms with Crippen LogP contribution in [-0.4, -0.2) is 63.6 Å². The van der Waals surface area contributed by atoms with Gasteiger partial charge in [-0.05, 0) is 38.0 Å². The average Bonchev–Trinajstić information content (AvgIpc) is 2.54. The van der Waals surface area contributed by atoms with Gasteiger partial charge in [0, 0.05) is 26.2 Å². The maximum atomic E-state index is 13.0. The number of carbonyl (C=O) groups is 1. The van der Waals surface area contributed by atoms with Crippen LogP contribution in [0.15, 0.2) is 17.0 Å². The maximum absolute atomic E-state index is 13.0. The molecule has 1 amide bonds. The van der Waals surface area contributed by atoms with Crippen molar-refractivity contribution in [3.05, 3.63) is 23.3 Å². The zero-order valence-electron chi connectivity index (χ0n) is 14.5. The van der Waals surface area contributed by atoms with E-state index in [4.69, 9.17) is 9.47 Å². The van der Waals surface area contributed by atoms with Crippen molar-refractivity contribution in [3.8, 4) is 5.75 Å². The number of sulfonamides is 1. The topological polar surface area (TPSA) is 76.2 Å². The number of methoxy groups -OCH3 is 1. The number of amides is 1. The molecule has 1 heterocycles. The Balaban J connectivity index is 2.23. The molecule has 0 unspecified atom stereocenters. The minimum Gasteiger partial charge on any atom is -0.495 e. The Labute approximate surface area is 143 Å². The Morgan fingerprint density at radius 3 is 2.33 bits per heavy atom. The van der Waals surface area contributed by atoms with Crippen LogP contribution in [0, 0.1) is 13.8 Å². The molecule has 134 valence electrons. The molecule has 8 heteroatoms. The van der Waals surface area contributed by atoms with Gasteiger partial charge < -0.3 is 14.4 Å². The molecule has 0 aromatic heterocycles. The van der Waals surface area contributed by atoms with Gasteiger partial charge in [-0.25, -0.2) is 13.2 Å². The Morgan fingerprint density at radius 1 is 1.17 bits per heavy atom. The number of nitrogens with zero attached hydrogens (tertiary/aromatic N) is 2. The third kappa shape index (κ3) is 3.64. The van der Waals surface area contributed by atoms with Crippen LogP contribution in [0.5, 0.6) is 5.75 Å². The summed E-state index contributed by atoms with van der Waals surface area (Å²) in [6.07, 6.45) is -0.404. The number of piperazine rings is 1. The first-order valence-corrected chi connectivity index (χ1v) is 9.32. The van der Waals surface area contributed by atoms with E-state index in [1.54, 1.807) is 19.9 Å². The van der Waals surface area contributed by atoms with Crippen LogP contribution in [0.3, 0.4) is 0 Å². The smallest absolute Gasteiger partial charge is 0.409 e. The van der Waals surface area contributed by atoms with Gasteiger partial charge in [0.05, 0.1) is 13.7 Å². The van der Waals surface area contributed by atoms with E-state index < -0.39 is 16.1 Å². The molecule has 1 fully saturated rings. The molecule has 0 radical (unpaired) electrons. The standard InChI is InChI=1S/C16H24N2O5S/c1-5-23-16(19)17-6-8-18(9-7-17)24(20,21)15-13(3)10-12(2)11-14(15)22-4/h10-11H,5-9H2,1-4H3. The second kappa shape index (κ2) is 7.40. The van der Waals surface area contributed by atoms with Crippen molar-refractivity contribution in [3.63, 3.8) is 0 Å². The number of rotatable bonds is 4. The van der Waals surface area contributed by atoms with Crippen LogP contribution in [-0.2, 0) is 14.8 Å². The van der Waals surface area contributed by atoms with Crippen molar-refractivity contribution >= 4 is 16.1 Å². The molecular formula is C16H24N2O5S. The number of ether oxygens (including phenoxy) is 2. The second-order valence-corrected chi connectivity index (χ2v) is 7.58. The summed E-state index contributed by atoms with van der Waals surface area (Å²) < 4.78 is 37.7. The molecule has 1 saturated heterocycles. The van der Waals surface area contributed by atoms with E-state index >= 15 is 0 Å². The highest BCUT2D eigenvalue weighted by molar-refractivity contribution is 7.89. The SMILES string of the molecule is CCOC(=O)N1CCN(S(=O)(=O)c2c(C)cc(C)cc2OC)CC1. The van der Waals surface area contributed by atoms with Crippen LogP contribution in [0.1, 0.15) is 18.1 Å². The van der Waals surface area contributed by atoms with E-state index in [1.165, 1.54) is 16.3 Å². The van der Waals surface area contributed by atoms with Crippen LogP contribution in [0.2, 0.25) is 0 Å². The molecule has 1 aromatic carbocycles. The summed E-state index contributed by atoms with van der Waals surface area (Å²) in [7, 11) is -2.22. The van der Waals surface area contributed by atoms with E-state index in [1.807, 2.05) is 13.0 Å². The summed E-state index contributed by atoms with van der Waals surface area (Å²) in [4.78, 5) is 13.4. The molecule has 0 bridgehead atoms. The van der Waals surface area contributed by atoms with Gasteiger partial charge in [0.2, 0.25) is 10.0 Å². The van der Waals surface area contributed by atoms with Gasteiger partial charge in [-0.1, -0.05) is 6.07 Å². The molecule has 2 rings (SSSR count). The second-order valence-electron chi connectivity index (χ2n) is 5.70. The van der Waals surface area contributed by atoms with E-state index in [2.05, 4.69) is 0 Å². The molecule has 0 saturated carbocycles. The Bertz CT molecular complexity index is 709. The molecule has 7 nitrogen and oxygen atoms in total. The number of hydrogen-bond acceptors (Lipinski definition) is 5. The largest absolute Gasteiger partial charge is 0.495 e. The monoisotopic (exact) mass is 356 g/mol. The van der Waals surface area contributed by atoms with Crippen LogP contribution in [0.25, 0.3) is 0 Å². The minimum atomic E-state index is -3.68. The summed E-state index contributed by atoms with van der Waals surface area (Å²) >= 11 is 0. The average molecular weight is 356 g/mol. The fourth-order valence-electron chi connectivity index (χ4n) is 2.85. The van der Waals surface area contributed by atoms with Gasteiger partial charge in [-0.2, -0.15) is 4.31 Å². The van der Waals surface area contributed by atoms with Crippen molar-refractivity contribution in [1.82, 2.24) is 9.21 Å². The number of carbonyl (C=O) groups excluding carboxylic acids is 1. The highest BCUT2D eigenvalue weighted by Crippen LogP contribution is 2.31. The first-order chi connectivity index (χ1) is 11.3. The maximum Gasteiger partial charge on any atom is 0.409 e. The van der Waals surface area contributed by atoms with E-state index in [-0.39, 0.29) is 18.0 Å². The lowest BCUT2D eigenvalue weighted by atomic mass is 10.1. The highest BCUT2D eigenvalue weighted by Gasteiger charge is 2.33. The third-order valence-corrected chi connectivity index (χ3v) is 6.05.